The minimum absolute atomic E-state index is 0.166. The highest BCUT2D eigenvalue weighted by atomic mass is 32.1. The third-order valence-electron chi connectivity index (χ3n) is 4.67. The largest absolute Gasteiger partial charge is 0.497 e. The number of ketones is 1. The lowest BCUT2D eigenvalue weighted by Gasteiger charge is -2.03. The zero-order chi connectivity index (χ0) is 21.4. The summed E-state index contributed by atoms with van der Waals surface area (Å²) in [5.74, 6) is 0.586. The van der Waals surface area contributed by atoms with Crippen LogP contribution in [0.15, 0.2) is 45.7 Å². The maximum atomic E-state index is 13.3. The maximum Gasteiger partial charge on any atom is 0.439 e. The van der Waals surface area contributed by atoms with Gasteiger partial charge in [0.1, 0.15) is 15.5 Å². The molecule has 0 bridgehead atoms. The Labute approximate surface area is 175 Å². The van der Waals surface area contributed by atoms with E-state index in [2.05, 4.69) is 24.1 Å². The van der Waals surface area contributed by atoms with Crippen molar-refractivity contribution in [2.75, 3.05) is 12.8 Å². The number of hydrogen-bond donors (Lipinski definition) is 2. The van der Waals surface area contributed by atoms with Crippen molar-refractivity contribution in [3.05, 3.63) is 63.1 Å². The number of thiophene rings is 1. The SMILES string of the molecule is COc1ccc(-[n+]2[nH]oc(=O)c2C(=O)c2sc3nc(CC(C)C)ccc3c2N)cc1. The van der Waals surface area contributed by atoms with Crippen molar-refractivity contribution >= 4 is 33.0 Å². The van der Waals surface area contributed by atoms with E-state index in [0.717, 1.165) is 12.1 Å². The number of aromatic nitrogens is 3. The molecule has 3 N–H and O–H groups in total. The standard InChI is InChI=1S/C21H20N4O4S/c1-11(2)10-12-4-9-15-16(22)19(30-20(15)23-12)18(26)17-21(27)29-24-25(17)13-5-7-14(28-3)8-6-13/h4-9,11H,10H2,1-3H3,(H2-,22,24,26,27)/p+1. The van der Waals surface area contributed by atoms with Crippen molar-refractivity contribution in [2.24, 2.45) is 5.92 Å². The normalized spacial score (nSPS) is 11.3. The molecule has 0 amide bonds. The van der Waals surface area contributed by atoms with Crippen molar-refractivity contribution < 1.29 is 18.7 Å². The third kappa shape index (κ3) is 3.48. The number of pyridine rings is 1. The topological polar surface area (TPSA) is 115 Å². The Bertz CT molecular complexity index is 1280. The predicted molar refractivity (Wildman–Crippen MR) is 113 cm³/mol. The highest BCUT2D eigenvalue weighted by Crippen LogP contribution is 2.33. The van der Waals surface area contributed by atoms with E-state index in [1.165, 1.54) is 16.0 Å². The first-order valence-electron chi connectivity index (χ1n) is 9.39. The molecule has 0 spiro atoms. The van der Waals surface area contributed by atoms with Gasteiger partial charge in [0.2, 0.25) is 5.69 Å². The van der Waals surface area contributed by atoms with Crippen molar-refractivity contribution in [3.8, 4) is 11.4 Å². The predicted octanol–water partition coefficient (Wildman–Crippen LogP) is 2.87. The number of nitrogens with one attached hydrogen (secondary N) is 1. The Morgan fingerprint density at radius 1 is 1.27 bits per heavy atom. The molecular weight excluding hydrogens is 404 g/mol. The molecule has 30 heavy (non-hydrogen) atoms. The van der Waals surface area contributed by atoms with Crippen LogP contribution < -0.4 is 20.8 Å². The minimum Gasteiger partial charge on any atom is -0.497 e. The number of methoxy groups -OCH3 is 1. The van der Waals surface area contributed by atoms with E-state index in [9.17, 15) is 9.59 Å². The number of ether oxygens (including phenoxy) is 1. The van der Waals surface area contributed by atoms with Crippen LogP contribution in [0.5, 0.6) is 5.75 Å². The summed E-state index contributed by atoms with van der Waals surface area (Å²) >= 11 is 1.18. The molecule has 0 aliphatic carbocycles. The van der Waals surface area contributed by atoms with Gasteiger partial charge in [-0.2, -0.15) is 0 Å². The molecule has 154 valence electrons. The summed E-state index contributed by atoms with van der Waals surface area (Å²) in [6.07, 6.45) is 0.829. The number of anilines is 1. The fourth-order valence-electron chi connectivity index (χ4n) is 3.22. The van der Waals surface area contributed by atoms with Gasteiger partial charge in [0.05, 0.1) is 12.8 Å². The summed E-state index contributed by atoms with van der Waals surface area (Å²) in [5.41, 5.74) is 7.10. The van der Waals surface area contributed by atoms with Gasteiger partial charge in [-0.3, -0.25) is 9.32 Å². The molecule has 0 aliphatic heterocycles. The van der Waals surface area contributed by atoms with E-state index in [1.54, 1.807) is 31.4 Å². The van der Waals surface area contributed by atoms with Gasteiger partial charge in [-0.1, -0.05) is 13.8 Å². The van der Waals surface area contributed by atoms with Gasteiger partial charge in [0.25, 0.3) is 5.78 Å². The number of benzene rings is 1. The number of carbonyl (C=O) groups is 1. The highest BCUT2D eigenvalue weighted by molar-refractivity contribution is 7.21. The average Bonchev–Trinajstić information content (AvgIpc) is 3.27. The summed E-state index contributed by atoms with van der Waals surface area (Å²) in [5, 5.41) is 3.18. The van der Waals surface area contributed by atoms with Gasteiger partial charge >= 0.3 is 11.3 Å². The van der Waals surface area contributed by atoms with E-state index in [-0.39, 0.29) is 10.6 Å². The Balaban J connectivity index is 1.78. The average molecular weight is 425 g/mol. The molecule has 8 nitrogen and oxygen atoms in total. The molecule has 0 atom stereocenters. The van der Waals surface area contributed by atoms with E-state index >= 15 is 0 Å². The summed E-state index contributed by atoms with van der Waals surface area (Å²) in [7, 11) is 1.56. The highest BCUT2D eigenvalue weighted by Gasteiger charge is 2.34. The Hall–Kier alpha value is -3.46. The molecule has 0 aliphatic rings. The molecule has 0 unspecified atom stereocenters. The number of H-pyrrole nitrogens is 1. The van der Waals surface area contributed by atoms with E-state index < -0.39 is 11.4 Å². The fourth-order valence-corrected chi connectivity index (χ4v) is 4.28. The van der Waals surface area contributed by atoms with Crippen LogP contribution in [-0.4, -0.2) is 23.1 Å². The first-order chi connectivity index (χ1) is 14.4. The van der Waals surface area contributed by atoms with Crippen molar-refractivity contribution in [3.63, 3.8) is 0 Å². The molecule has 0 saturated carbocycles. The number of nitrogens with zero attached hydrogens (tertiary/aromatic N) is 2. The lowest BCUT2D eigenvalue weighted by molar-refractivity contribution is -0.672. The second-order valence-electron chi connectivity index (χ2n) is 7.29. The van der Waals surface area contributed by atoms with Gasteiger partial charge in [-0.25, -0.2) is 9.78 Å². The van der Waals surface area contributed by atoms with Crippen molar-refractivity contribution in [1.82, 2.24) is 10.3 Å². The molecule has 4 rings (SSSR count). The number of nitrogens with two attached hydrogens (primary N) is 1. The molecule has 0 saturated heterocycles. The first-order valence-corrected chi connectivity index (χ1v) is 10.2. The van der Waals surface area contributed by atoms with Crippen LogP contribution in [-0.2, 0) is 6.42 Å². The molecule has 3 aromatic heterocycles. The quantitative estimate of drug-likeness (QED) is 0.363. The zero-order valence-electron chi connectivity index (χ0n) is 16.8. The number of hydrogen-bond acceptors (Lipinski definition) is 7. The van der Waals surface area contributed by atoms with Gasteiger partial charge in [-0.05, 0) is 46.6 Å². The third-order valence-corrected chi connectivity index (χ3v) is 5.78. The van der Waals surface area contributed by atoms with Crippen molar-refractivity contribution in [1.29, 1.82) is 0 Å². The molecule has 1 aromatic carbocycles. The van der Waals surface area contributed by atoms with Crippen LogP contribution in [0.2, 0.25) is 0 Å². The molecule has 4 aromatic rings. The summed E-state index contributed by atoms with van der Waals surface area (Å²) in [6, 6.07) is 10.6. The number of rotatable bonds is 6. The van der Waals surface area contributed by atoms with E-state index in [4.69, 9.17) is 15.0 Å². The van der Waals surface area contributed by atoms with Crippen LogP contribution in [0.1, 0.15) is 34.9 Å². The van der Waals surface area contributed by atoms with Crippen molar-refractivity contribution in [2.45, 2.75) is 20.3 Å². The summed E-state index contributed by atoms with van der Waals surface area (Å²) < 4.78 is 11.3. The number of carbonyl (C=O) groups excluding carboxylic acids is 1. The van der Waals surface area contributed by atoms with Crippen LogP contribution >= 0.6 is 11.3 Å². The summed E-state index contributed by atoms with van der Waals surface area (Å²) in [6.45, 7) is 4.24. The van der Waals surface area contributed by atoms with Gasteiger partial charge < -0.3 is 10.5 Å². The summed E-state index contributed by atoms with van der Waals surface area (Å²) in [4.78, 5) is 31.2. The molecule has 3 heterocycles. The maximum absolute atomic E-state index is 13.3. The molecule has 0 radical (unpaired) electrons. The van der Waals surface area contributed by atoms with E-state index in [0.29, 0.717) is 33.3 Å². The lowest BCUT2D eigenvalue weighted by Crippen LogP contribution is -2.41. The number of aromatic amines is 1. The Morgan fingerprint density at radius 2 is 2.00 bits per heavy atom. The monoisotopic (exact) mass is 425 g/mol. The lowest BCUT2D eigenvalue weighted by atomic mass is 10.1. The van der Waals surface area contributed by atoms with Crippen LogP contribution in [0.25, 0.3) is 15.9 Å². The molecule has 0 fully saturated rings. The molecule has 9 heteroatoms. The number of fused-ring (bicyclic) bond motifs is 1. The Morgan fingerprint density at radius 3 is 2.67 bits per heavy atom. The van der Waals surface area contributed by atoms with E-state index in [1.807, 2.05) is 12.1 Å². The first kappa shape index (κ1) is 19.8. The van der Waals surface area contributed by atoms with Crippen LogP contribution in [0, 0.1) is 5.92 Å². The Kier molecular flexibility index (Phi) is 5.13. The number of nitrogen functional groups attached to an aromatic ring is 1. The zero-order valence-corrected chi connectivity index (χ0v) is 17.6. The van der Waals surface area contributed by atoms with Gasteiger partial charge in [0, 0.05) is 23.2 Å². The second kappa shape index (κ2) is 7.75. The second-order valence-corrected chi connectivity index (χ2v) is 8.29. The van der Waals surface area contributed by atoms with Gasteiger partial charge in [-0.15, -0.1) is 11.3 Å². The molecular formula is C21H21N4O4S+. The van der Waals surface area contributed by atoms with Crippen LogP contribution in [0.3, 0.4) is 0 Å². The van der Waals surface area contributed by atoms with Crippen LogP contribution in [0.4, 0.5) is 5.69 Å². The smallest absolute Gasteiger partial charge is 0.439 e. The fraction of sp³-hybridized carbons (Fsp3) is 0.238. The minimum atomic E-state index is -0.777. The van der Waals surface area contributed by atoms with Gasteiger partial charge in [0.15, 0.2) is 0 Å².